The minimum absolute atomic E-state index is 0.322. The van der Waals surface area contributed by atoms with Crippen molar-refractivity contribution in [1.82, 2.24) is 5.32 Å². The summed E-state index contributed by atoms with van der Waals surface area (Å²) in [6.07, 6.45) is 3.94. The SMILES string of the molecule is CSC1(SC)NC(=S)N=C1N. The molecule has 0 unspecified atom stereocenters. The van der Waals surface area contributed by atoms with E-state index in [0.717, 1.165) is 0 Å². The van der Waals surface area contributed by atoms with E-state index in [4.69, 9.17) is 18.0 Å². The maximum Gasteiger partial charge on any atom is 0.196 e. The van der Waals surface area contributed by atoms with Crippen molar-refractivity contribution in [2.75, 3.05) is 12.5 Å². The predicted molar refractivity (Wildman–Crippen MR) is 57.1 cm³/mol. The molecule has 62 valence electrons. The number of thioether (sulfide) groups is 2. The Morgan fingerprint density at radius 3 is 2.27 bits per heavy atom. The van der Waals surface area contributed by atoms with Crippen LogP contribution in [0.1, 0.15) is 0 Å². The first-order valence-electron chi connectivity index (χ1n) is 2.91. The topological polar surface area (TPSA) is 50.4 Å². The molecule has 0 aromatic carbocycles. The van der Waals surface area contributed by atoms with Gasteiger partial charge in [0.05, 0.1) is 0 Å². The van der Waals surface area contributed by atoms with E-state index < -0.39 is 0 Å². The lowest BCUT2D eigenvalue weighted by Crippen LogP contribution is -2.45. The largest absolute Gasteiger partial charge is 0.384 e. The fourth-order valence-electron chi connectivity index (χ4n) is 0.810. The van der Waals surface area contributed by atoms with E-state index in [1.807, 2.05) is 12.5 Å². The van der Waals surface area contributed by atoms with Crippen LogP contribution in [-0.2, 0) is 0 Å². The normalized spacial score (nSPS) is 21.3. The lowest BCUT2D eigenvalue weighted by molar-refractivity contribution is 0.999. The van der Waals surface area contributed by atoms with Crippen LogP contribution in [0.5, 0.6) is 0 Å². The van der Waals surface area contributed by atoms with Crippen LogP contribution in [0, 0.1) is 0 Å². The van der Waals surface area contributed by atoms with E-state index in [-0.39, 0.29) is 4.20 Å². The zero-order valence-corrected chi connectivity index (χ0v) is 8.70. The molecule has 11 heavy (non-hydrogen) atoms. The highest BCUT2D eigenvalue weighted by molar-refractivity contribution is 8.18. The fraction of sp³-hybridized carbons (Fsp3) is 0.600. The van der Waals surface area contributed by atoms with Gasteiger partial charge < -0.3 is 11.1 Å². The van der Waals surface area contributed by atoms with Crippen molar-refractivity contribution in [1.29, 1.82) is 0 Å². The number of hydrogen-bond donors (Lipinski definition) is 2. The first-order chi connectivity index (χ1) is 5.14. The van der Waals surface area contributed by atoms with E-state index in [0.29, 0.717) is 10.9 Å². The van der Waals surface area contributed by atoms with Crippen LogP contribution in [0.15, 0.2) is 4.99 Å². The number of thiocarbonyl (C=S) groups is 1. The molecule has 0 amide bonds. The molecule has 0 aliphatic carbocycles. The Morgan fingerprint density at radius 2 is 2.09 bits per heavy atom. The Morgan fingerprint density at radius 1 is 1.55 bits per heavy atom. The van der Waals surface area contributed by atoms with E-state index >= 15 is 0 Å². The first-order valence-corrected chi connectivity index (χ1v) is 5.77. The molecule has 1 heterocycles. The molecular weight excluding hydrogens is 198 g/mol. The molecule has 1 aliphatic heterocycles. The average molecular weight is 207 g/mol. The maximum absolute atomic E-state index is 5.68. The first kappa shape index (κ1) is 9.15. The number of hydrogen-bond acceptors (Lipinski definition) is 4. The van der Waals surface area contributed by atoms with Gasteiger partial charge in [0.2, 0.25) is 0 Å². The van der Waals surface area contributed by atoms with Gasteiger partial charge in [0.1, 0.15) is 5.84 Å². The second kappa shape index (κ2) is 3.20. The highest BCUT2D eigenvalue weighted by atomic mass is 32.2. The third kappa shape index (κ3) is 1.47. The highest BCUT2D eigenvalue weighted by Crippen LogP contribution is 2.33. The van der Waals surface area contributed by atoms with Crippen LogP contribution >= 0.6 is 35.7 Å². The lowest BCUT2D eigenvalue weighted by Gasteiger charge is -2.24. The van der Waals surface area contributed by atoms with Crippen LogP contribution in [0.4, 0.5) is 0 Å². The highest BCUT2D eigenvalue weighted by Gasteiger charge is 2.38. The van der Waals surface area contributed by atoms with E-state index in [1.165, 1.54) is 0 Å². The number of nitrogens with two attached hydrogens (primary N) is 1. The van der Waals surface area contributed by atoms with Gasteiger partial charge in [0.25, 0.3) is 0 Å². The second-order valence-electron chi connectivity index (χ2n) is 1.95. The molecule has 0 fully saturated rings. The molecule has 0 aromatic rings. The van der Waals surface area contributed by atoms with Crippen LogP contribution in [0.2, 0.25) is 0 Å². The molecule has 0 saturated heterocycles. The van der Waals surface area contributed by atoms with Gasteiger partial charge in [0.15, 0.2) is 9.32 Å². The van der Waals surface area contributed by atoms with Gasteiger partial charge in [-0.2, -0.15) is 0 Å². The maximum atomic E-state index is 5.68. The number of rotatable bonds is 2. The van der Waals surface area contributed by atoms with Crippen molar-refractivity contribution in [3.8, 4) is 0 Å². The summed E-state index contributed by atoms with van der Waals surface area (Å²) in [7, 11) is 0. The Hall–Kier alpha value is 0.0600. The van der Waals surface area contributed by atoms with Crippen molar-refractivity contribution in [3.63, 3.8) is 0 Å². The Labute approximate surface area is 79.6 Å². The van der Waals surface area contributed by atoms with Crippen LogP contribution in [0.25, 0.3) is 0 Å². The van der Waals surface area contributed by atoms with Gasteiger partial charge in [-0.1, -0.05) is 0 Å². The molecule has 1 rings (SSSR count). The van der Waals surface area contributed by atoms with Gasteiger partial charge in [-0.3, -0.25) is 0 Å². The third-order valence-electron chi connectivity index (χ3n) is 1.41. The summed E-state index contributed by atoms with van der Waals surface area (Å²) in [5.74, 6) is 0.558. The van der Waals surface area contributed by atoms with Crippen molar-refractivity contribution >= 4 is 46.7 Å². The van der Waals surface area contributed by atoms with E-state index in [2.05, 4.69) is 10.3 Å². The molecule has 0 radical (unpaired) electrons. The zero-order chi connectivity index (χ0) is 8.48. The smallest absolute Gasteiger partial charge is 0.196 e. The minimum Gasteiger partial charge on any atom is -0.384 e. The number of aliphatic imine (C=N–C) groups is 1. The van der Waals surface area contributed by atoms with E-state index in [1.54, 1.807) is 23.5 Å². The van der Waals surface area contributed by atoms with Gasteiger partial charge >= 0.3 is 0 Å². The molecule has 0 aromatic heterocycles. The molecule has 6 heteroatoms. The minimum atomic E-state index is -0.322. The number of nitrogens with zero attached hydrogens (tertiary/aromatic N) is 1. The van der Waals surface area contributed by atoms with Crippen molar-refractivity contribution in [3.05, 3.63) is 0 Å². The summed E-state index contributed by atoms with van der Waals surface area (Å²) < 4.78 is -0.322. The Bertz CT molecular complexity index is 209. The van der Waals surface area contributed by atoms with Gasteiger partial charge in [-0.15, -0.1) is 23.5 Å². The molecule has 0 atom stereocenters. The van der Waals surface area contributed by atoms with Crippen molar-refractivity contribution < 1.29 is 0 Å². The molecule has 0 saturated carbocycles. The Balaban J connectivity index is 2.88. The summed E-state index contributed by atoms with van der Waals surface area (Å²) in [6.45, 7) is 0. The Kier molecular flexibility index (Phi) is 2.66. The fourth-order valence-corrected chi connectivity index (χ4v) is 2.76. The summed E-state index contributed by atoms with van der Waals surface area (Å²) >= 11 is 8.07. The summed E-state index contributed by atoms with van der Waals surface area (Å²) in [6, 6.07) is 0. The molecule has 3 nitrogen and oxygen atoms in total. The summed E-state index contributed by atoms with van der Waals surface area (Å²) in [5, 5.41) is 3.52. The van der Waals surface area contributed by atoms with Crippen LogP contribution in [0.3, 0.4) is 0 Å². The average Bonchev–Trinajstić information content (AvgIpc) is 2.27. The molecule has 1 aliphatic rings. The predicted octanol–water partition coefficient (Wildman–Crippen LogP) is 0.611. The summed E-state index contributed by atoms with van der Waals surface area (Å²) in [4.78, 5) is 3.96. The lowest BCUT2D eigenvalue weighted by atomic mass is 10.6. The quantitative estimate of drug-likeness (QED) is 0.513. The van der Waals surface area contributed by atoms with Crippen LogP contribution in [-0.4, -0.2) is 27.7 Å². The third-order valence-corrected chi connectivity index (χ3v) is 4.37. The van der Waals surface area contributed by atoms with Gasteiger partial charge in [-0.05, 0) is 24.7 Å². The molecular formula is C5H9N3S3. The molecule has 3 N–H and O–H groups in total. The van der Waals surface area contributed by atoms with E-state index in [9.17, 15) is 0 Å². The zero-order valence-electron chi connectivity index (χ0n) is 6.25. The number of nitrogens with one attached hydrogen (secondary N) is 1. The monoisotopic (exact) mass is 207 g/mol. The number of amidine groups is 1. The van der Waals surface area contributed by atoms with Gasteiger partial charge in [0, 0.05) is 0 Å². The molecule has 0 bridgehead atoms. The molecule has 0 spiro atoms. The standard InChI is InChI=1S/C5H9N3S3/c1-10-5(11-2)3(6)7-4(9)8-5/h1-2H3,(H3,6,7,8,9). The van der Waals surface area contributed by atoms with Crippen LogP contribution < -0.4 is 11.1 Å². The second-order valence-corrected chi connectivity index (χ2v) is 4.64. The summed E-state index contributed by atoms with van der Waals surface area (Å²) in [5.41, 5.74) is 5.68. The van der Waals surface area contributed by atoms with Gasteiger partial charge in [-0.25, -0.2) is 4.99 Å². The van der Waals surface area contributed by atoms with Crippen molar-refractivity contribution in [2.24, 2.45) is 10.7 Å². The van der Waals surface area contributed by atoms with Crippen molar-refractivity contribution in [2.45, 2.75) is 4.20 Å².